The molecule has 0 aliphatic heterocycles. The molecule has 0 radical (unpaired) electrons. The normalized spacial score (nSPS) is 10.7. The first-order valence-electron chi connectivity index (χ1n) is 8.22. The van der Waals surface area contributed by atoms with E-state index in [4.69, 9.17) is 0 Å². The highest BCUT2D eigenvalue weighted by molar-refractivity contribution is 5.94. The van der Waals surface area contributed by atoms with Gasteiger partial charge in [0.15, 0.2) is 0 Å². The molecule has 0 aliphatic carbocycles. The number of aromatic nitrogens is 2. The molecule has 7 heteroatoms. The Morgan fingerprint density at radius 2 is 1.63 bits per heavy atom. The van der Waals surface area contributed by atoms with Crippen molar-refractivity contribution < 1.29 is 4.92 Å². The standard InChI is InChI=1S/C20H14N4O3/c25-20-16-9-5-4-8-15(16)19(22-23-20)13-10-11-17(18(12-13)24(26)27)21-14-6-2-1-3-7-14/h1-12,21H,(H,23,25). The van der Waals surface area contributed by atoms with Crippen molar-refractivity contribution >= 4 is 27.8 Å². The van der Waals surface area contributed by atoms with Crippen LogP contribution in [0.2, 0.25) is 0 Å². The predicted octanol–water partition coefficient (Wildman–Crippen LogP) is 4.24. The van der Waals surface area contributed by atoms with Crippen molar-refractivity contribution in [3.8, 4) is 11.3 Å². The summed E-state index contributed by atoms with van der Waals surface area (Å²) < 4.78 is 0. The number of fused-ring (bicyclic) bond motifs is 1. The molecule has 0 amide bonds. The monoisotopic (exact) mass is 358 g/mol. The molecule has 0 unspecified atom stereocenters. The summed E-state index contributed by atoms with van der Waals surface area (Å²) in [6, 6.07) is 21.1. The summed E-state index contributed by atoms with van der Waals surface area (Å²) in [5.41, 5.74) is 1.79. The third kappa shape index (κ3) is 3.13. The van der Waals surface area contributed by atoms with Crippen LogP contribution in [-0.2, 0) is 0 Å². The molecule has 1 heterocycles. The maximum Gasteiger partial charge on any atom is 0.293 e. The van der Waals surface area contributed by atoms with E-state index in [1.54, 1.807) is 36.4 Å². The van der Waals surface area contributed by atoms with E-state index in [1.807, 2.05) is 30.3 Å². The molecule has 132 valence electrons. The van der Waals surface area contributed by atoms with Crippen molar-refractivity contribution in [3.63, 3.8) is 0 Å². The Hall–Kier alpha value is -4.00. The van der Waals surface area contributed by atoms with Gasteiger partial charge in [-0.1, -0.05) is 42.5 Å². The SMILES string of the molecule is O=c1[nH]nc(-c2ccc(Nc3ccccc3)c([N+](=O)[O-])c2)c2ccccc12. The van der Waals surface area contributed by atoms with Crippen molar-refractivity contribution in [2.45, 2.75) is 0 Å². The summed E-state index contributed by atoms with van der Waals surface area (Å²) in [4.78, 5) is 23.1. The number of aromatic amines is 1. The molecule has 4 rings (SSSR count). The Morgan fingerprint density at radius 3 is 2.37 bits per heavy atom. The molecule has 1 aromatic heterocycles. The van der Waals surface area contributed by atoms with Crippen LogP contribution in [0.4, 0.5) is 17.1 Å². The molecule has 0 bridgehead atoms. The molecular weight excluding hydrogens is 344 g/mol. The molecule has 7 nitrogen and oxygen atoms in total. The zero-order valence-electron chi connectivity index (χ0n) is 14.0. The Bertz CT molecular complexity index is 1200. The molecular formula is C20H14N4O3. The Kier molecular flexibility index (Phi) is 4.10. The maximum absolute atomic E-state index is 12.0. The average molecular weight is 358 g/mol. The van der Waals surface area contributed by atoms with Gasteiger partial charge in [0.25, 0.3) is 11.2 Å². The molecule has 4 aromatic rings. The topological polar surface area (TPSA) is 101 Å². The van der Waals surface area contributed by atoms with Gasteiger partial charge in [-0.3, -0.25) is 14.9 Å². The van der Waals surface area contributed by atoms with Gasteiger partial charge in [-0.2, -0.15) is 5.10 Å². The van der Waals surface area contributed by atoms with Gasteiger partial charge in [-0.15, -0.1) is 0 Å². The molecule has 0 atom stereocenters. The van der Waals surface area contributed by atoms with Crippen LogP contribution in [0.25, 0.3) is 22.0 Å². The van der Waals surface area contributed by atoms with Gasteiger partial charge in [0, 0.05) is 22.7 Å². The molecule has 0 saturated carbocycles. The average Bonchev–Trinajstić information content (AvgIpc) is 2.70. The lowest BCUT2D eigenvalue weighted by Crippen LogP contribution is -2.09. The predicted molar refractivity (Wildman–Crippen MR) is 104 cm³/mol. The quantitative estimate of drug-likeness (QED) is 0.420. The summed E-state index contributed by atoms with van der Waals surface area (Å²) in [6.45, 7) is 0. The van der Waals surface area contributed by atoms with E-state index in [1.165, 1.54) is 6.07 Å². The lowest BCUT2D eigenvalue weighted by Gasteiger charge is -2.09. The molecule has 2 N–H and O–H groups in total. The van der Waals surface area contributed by atoms with Crippen molar-refractivity contribution in [2.75, 3.05) is 5.32 Å². The second-order valence-electron chi connectivity index (χ2n) is 5.93. The smallest absolute Gasteiger partial charge is 0.293 e. The fourth-order valence-electron chi connectivity index (χ4n) is 2.95. The highest BCUT2D eigenvalue weighted by Crippen LogP contribution is 2.33. The van der Waals surface area contributed by atoms with Gasteiger partial charge in [-0.25, -0.2) is 5.10 Å². The summed E-state index contributed by atoms with van der Waals surface area (Å²) in [7, 11) is 0. The number of rotatable bonds is 4. The van der Waals surface area contributed by atoms with Crippen LogP contribution in [0, 0.1) is 10.1 Å². The Labute approximate surface area is 153 Å². The zero-order chi connectivity index (χ0) is 18.8. The van der Waals surface area contributed by atoms with E-state index >= 15 is 0 Å². The fraction of sp³-hybridized carbons (Fsp3) is 0. The number of hydrogen-bond acceptors (Lipinski definition) is 5. The number of hydrogen-bond donors (Lipinski definition) is 2. The van der Waals surface area contributed by atoms with Crippen LogP contribution in [0.5, 0.6) is 0 Å². The van der Waals surface area contributed by atoms with Crippen LogP contribution in [0.15, 0.2) is 77.6 Å². The van der Waals surface area contributed by atoms with Crippen molar-refractivity contribution in [1.82, 2.24) is 10.2 Å². The van der Waals surface area contributed by atoms with Gasteiger partial charge in [0.05, 0.1) is 16.0 Å². The summed E-state index contributed by atoms with van der Waals surface area (Å²) in [6.07, 6.45) is 0. The van der Waals surface area contributed by atoms with E-state index in [-0.39, 0.29) is 11.2 Å². The van der Waals surface area contributed by atoms with Gasteiger partial charge in [-0.05, 0) is 24.3 Å². The first-order valence-corrected chi connectivity index (χ1v) is 8.22. The third-order valence-corrected chi connectivity index (χ3v) is 4.22. The number of para-hydroxylation sites is 1. The maximum atomic E-state index is 12.0. The van der Waals surface area contributed by atoms with Crippen molar-refractivity contribution in [1.29, 1.82) is 0 Å². The van der Waals surface area contributed by atoms with Crippen molar-refractivity contribution in [2.24, 2.45) is 0 Å². The largest absolute Gasteiger partial charge is 0.350 e. The van der Waals surface area contributed by atoms with E-state index in [0.717, 1.165) is 5.69 Å². The highest BCUT2D eigenvalue weighted by Gasteiger charge is 2.17. The Morgan fingerprint density at radius 1 is 0.926 bits per heavy atom. The van der Waals surface area contributed by atoms with Gasteiger partial charge in [0.2, 0.25) is 0 Å². The lowest BCUT2D eigenvalue weighted by molar-refractivity contribution is -0.383. The van der Waals surface area contributed by atoms with Crippen LogP contribution in [0.1, 0.15) is 0 Å². The number of benzene rings is 3. The van der Waals surface area contributed by atoms with Gasteiger partial charge < -0.3 is 5.32 Å². The van der Waals surface area contributed by atoms with Crippen molar-refractivity contribution in [3.05, 3.63) is 93.3 Å². The van der Waals surface area contributed by atoms with E-state index in [9.17, 15) is 14.9 Å². The minimum atomic E-state index is -0.442. The summed E-state index contributed by atoms with van der Waals surface area (Å²) in [5.74, 6) is 0. The number of nitro groups is 1. The first-order chi connectivity index (χ1) is 13.1. The van der Waals surface area contributed by atoms with Crippen LogP contribution >= 0.6 is 0 Å². The number of nitrogens with zero attached hydrogens (tertiary/aromatic N) is 2. The molecule has 0 aliphatic rings. The second kappa shape index (κ2) is 6.72. The highest BCUT2D eigenvalue weighted by atomic mass is 16.6. The number of nitro benzene ring substituents is 1. The minimum absolute atomic E-state index is 0.0755. The van der Waals surface area contributed by atoms with Gasteiger partial charge >= 0.3 is 0 Å². The van der Waals surface area contributed by atoms with E-state index in [0.29, 0.717) is 27.7 Å². The summed E-state index contributed by atoms with van der Waals surface area (Å²) >= 11 is 0. The molecule has 0 spiro atoms. The minimum Gasteiger partial charge on any atom is -0.350 e. The molecule has 27 heavy (non-hydrogen) atoms. The zero-order valence-corrected chi connectivity index (χ0v) is 14.0. The van der Waals surface area contributed by atoms with E-state index < -0.39 is 4.92 Å². The van der Waals surface area contributed by atoms with Crippen LogP contribution in [0.3, 0.4) is 0 Å². The lowest BCUT2D eigenvalue weighted by atomic mass is 10.0. The van der Waals surface area contributed by atoms with Crippen LogP contribution < -0.4 is 10.9 Å². The fourth-order valence-corrected chi connectivity index (χ4v) is 2.95. The van der Waals surface area contributed by atoms with Crippen LogP contribution in [-0.4, -0.2) is 15.1 Å². The molecule has 0 saturated heterocycles. The molecule has 3 aromatic carbocycles. The number of H-pyrrole nitrogens is 1. The Balaban J connectivity index is 1.84. The summed E-state index contributed by atoms with van der Waals surface area (Å²) in [5, 5.41) is 22.3. The van der Waals surface area contributed by atoms with E-state index in [2.05, 4.69) is 15.5 Å². The number of nitrogens with one attached hydrogen (secondary N) is 2. The first kappa shape index (κ1) is 16.5. The number of anilines is 2. The molecule has 0 fully saturated rings. The second-order valence-corrected chi connectivity index (χ2v) is 5.93. The van der Waals surface area contributed by atoms with Gasteiger partial charge in [0.1, 0.15) is 5.69 Å². The third-order valence-electron chi connectivity index (χ3n) is 4.22.